The third-order valence-electron chi connectivity index (χ3n) is 4.52. The molecule has 1 saturated heterocycles. The van der Waals surface area contributed by atoms with Crippen molar-refractivity contribution in [3.8, 4) is 0 Å². The van der Waals surface area contributed by atoms with Gasteiger partial charge in [0.25, 0.3) is 0 Å². The summed E-state index contributed by atoms with van der Waals surface area (Å²) in [5.41, 5.74) is 0.875. The number of fused-ring (bicyclic) bond motifs is 1. The first-order valence-electron chi connectivity index (χ1n) is 8.11. The molecule has 0 aliphatic carbocycles. The summed E-state index contributed by atoms with van der Waals surface area (Å²) in [6, 6.07) is 3.76. The van der Waals surface area contributed by atoms with Crippen LogP contribution in [0.1, 0.15) is 29.8 Å². The number of hydrogen-bond donors (Lipinski definition) is 0. The van der Waals surface area contributed by atoms with Gasteiger partial charge in [0.05, 0.1) is 19.3 Å². The lowest BCUT2D eigenvalue weighted by molar-refractivity contribution is 0.00941. The zero-order valence-corrected chi connectivity index (χ0v) is 13.8. The smallest absolute Gasteiger partial charge is 0.343 e. The third kappa shape index (κ3) is 2.54. The van der Waals surface area contributed by atoms with Crippen molar-refractivity contribution >= 4 is 11.8 Å². The number of ether oxygens (including phenoxy) is 2. The molecule has 2 aromatic heterocycles. The van der Waals surface area contributed by atoms with Crippen molar-refractivity contribution in [2.24, 2.45) is 0 Å². The van der Waals surface area contributed by atoms with Crippen LogP contribution in [0.2, 0.25) is 0 Å². The van der Waals surface area contributed by atoms with Gasteiger partial charge >= 0.3 is 5.97 Å². The van der Waals surface area contributed by atoms with Gasteiger partial charge in [-0.05, 0) is 26.0 Å². The van der Waals surface area contributed by atoms with E-state index in [0.29, 0.717) is 37.6 Å². The van der Waals surface area contributed by atoms with E-state index in [1.807, 2.05) is 36.9 Å². The highest BCUT2D eigenvalue weighted by molar-refractivity contribution is 5.99. The molecule has 4 rings (SSSR count). The van der Waals surface area contributed by atoms with E-state index in [2.05, 4.69) is 15.0 Å². The van der Waals surface area contributed by atoms with Gasteiger partial charge in [0.1, 0.15) is 17.0 Å². The predicted molar refractivity (Wildman–Crippen MR) is 86.9 cm³/mol. The maximum absolute atomic E-state index is 12.3. The first-order chi connectivity index (χ1) is 11.5. The number of morpholine rings is 1. The zero-order valence-electron chi connectivity index (χ0n) is 13.8. The molecule has 2 aromatic rings. The van der Waals surface area contributed by atoms with Gasteiger partial charge in [0, 0.05) is 37.2 Å². The van der Waals surface area contributed by atoms with Gasteiger partial charge in [-0.1, -0.05) is 0 Å². The average Bonchev–Trinajstić information content (AvgIpc) is 3.14. The highest BCUT2D eigenvalue weighted by atomic mass is 16.6. The van der Waals surface area contributed by atoms with E-state index in [9.17, 15) is 4.79 Å². The van der Waals surface area contributed by atoms with Crippen molar-refractivity contribution < 1.29 is 14.3 Å². The van der Waals surface area contributed by atoms with Crippen LogP contribution in [0.3, 0.4) is 0 Å². The highest BCUT2D eigenvalue weighted by Crippen LogP contribution is 2.39. The standard InChI is InChI=1S/C17H20N4O3/c1-17(2)13-4-6-18-15(14(13)16(22)24-17)20-8-9-23-12(10-20)11-21-7-3-5-19-21/h3-7,12H,8-11H2,1-2H3. The molecule has 0 N–H and O–H groups in total. The number of anilines is 1. The fraction of sp³-hybridized carbons (Fsp3) is 0.471. The molecule has 2 aliphatic heterocycles. The Balaban J connectivity index is 1.60. The Hall–Kier alpha value is -2.41. The Kier molecular flexibility index (Phi) is 3.53. The van der Waals surface area contributed by atoms with Gasteiger partial charge < -0.3 is 14.4 Å². The zero-order chi connectivity index (χ0) is 16.7. The van der Waals surface area contributed by atoms with Crippen molar-refractivity contribution in [1.82, 2.24) is 14.8 Å². The first kappa shape index (κ1) is 15.1. The number of cyclic esters (lactones) is 1. The number of aromatic nitrogens is 3. The second kappa shape index (κ2) is 5.59. The van der Waals surface area contributed by atoms with Crippen LogP contribution in [-0.2, 0) is 21.6 Å². The monoisotopic (exact) mass is 328 g/mol. The summed E-state index contributed by atoms with van der Waals surface area (Å²) in [4.78, 5) is 18.9. The summed E-state index contributed by atoms with van der Waals surface area (Å²) < 4.78 is 13.2. The molecule has 0 amide bonds. The fourth-order valence-corrected chi connectivity index (χ4v) is 3.37. The summed E-state index contributed by atoms with van der Waals surface area (Å²) in [6.07, 6.45) is 5.42. The Morgan fingerprint density at radius 1 is 1.38 bits per heavy atom. The van der Waals surface area contributed by atoms with E-state index in [0.717, 1.165) is 5.56 Å². The molecular weight excluding hydrogens is 308 g/mol. The number of pyridine rings is 1. The molecule has 1 unspecified atom stereocenters. The Labute approximate surface area is 140 Å². The molecule has 126 valence electrons. The largest absolute Gasteiger partial charge is 0.451 e. The van der Waals surface area contributed by atoms with Gasteiger partial charge in [-0.2, -0.15) is 5.10 Å². The Morgan fingerprint density at radius 3 is 3.04 bits per heavy atom. The second-order valence-electron chi connectivity index (χ2n) is 6.62. The van der Waals surface area contributed by atoms with Crippen LogP contribution in [0, 0.1) is 0 Å². The van der Waals surface area contributed by atoms with E-state index >= 15 is 0 Å². The molecule has 1 atom stereocenters. The maximum atomic E-state index is 12.3. The molecule has 1 fully saturated rings. The van der Waals surface area contributed by atoms with Gasteiger partial charge in [-0.15, -0.1) is 0 Å². The highest BCUT2D eigenvalue weighted by Gasteiger charge is 2.41. The molecule has 0 aromatic carbocycles. The molecule has 24 heavy (non-hydrogen) atoms. The van der Waals surface area contributed by atoms with Crippen molar-refractivity contribution in [1.29, 1.82) is 0 Å². The van der Waals surface area contributed by atoms with Gasteiger partial charge in [0.2, 0.25) is 0 Å². The Morgan fingerprint density at radius 2 is 2.25 bits per heavy atom. The van der Waals surface area contributed by atoms with Crippen molar-refractivity contribution in [3.05, 3.63) is 41.9 Å². The van der Waals surface area contributed by atoms with Crippen LogP contribution < -0.4 is 4.90 Å². The third-order valence-corrected chi connectivity index (χ3v) is 4.52. The maximum Gasteiger partial charge on any atom is 0.343 e. The minimum Gasteiger partial charge on any atom is -0.451 e. The van der Waals surface area contributed by atoms with E-state index < -0.39 is 5.60 Å². The summed E-state index contributed by atoms with van der Waals surface area (Å²) in [7, 11) is 0. The number of rotatable bonds is 3. The molecular formula is C17H20N4O3. The molecule has 0 saturated carbocycles. The van der Waals surface area contributed by atoms with Crippen LogP contribution in [0.4, 0.5) is 5.82 Å². The average molecular weight is 328 g/mol. The number of nitrogens with zero attached hydrogens (tertiary/aromatic N) is 4. The topological polar surface area (TPSA) is 69.5 Å². The minimum absolute atomic E-state index is 0.00161. The molecule has 0 spiro atoms. The molecule has 4 heterocycles. The van der Waals surface area contributed by atoms with E-state index in [1.165, 1.54) is 0 Å². The van der Waals surface area contributed by atoms with Crippen LogP contribution in [0.5, 0.6) is 0 Å². The van der Waals surface area contributed by atoms with E-state index in [4.69, 9.17) is 9.47 Å². The molecule has 7 heteroatoms. The SMILES string of the molecule is CC1(C)OC(=O)c2c1ccnc2N1CCOC(Cn2cccn2)C1. The second-order valence-corrected chi connectivity index (χ2v) is 6.62. The summed E-state index contributed by atoms with van der Waals surface area (Å²) in [5, 5.41) is 4.23. The molecule has 0 bridgehead atoms. The predicted octanol–water partition coefficient (Wildman–Crippen LogP) is 1.59. The van der Waals surface area contributed by atoms with Gasteiger partial charge in [-0.25, -0.2) is 9.78 Å². The van der Waals surface area contributed by atoms with Gasteiger partial charge in [-0.3, -0.25) is 4.68 Å². The van der Waals surface area contributed by atoms with Crippen molar-refractivity contribution in [3.63, 3.8) is 0 Å². The fourth-order valence-electron chi connectivity index (χ4n) is 3.37. The summed E-state index contributed by atoms with van der Waals surface area (Å²) in [6.45, 7) is 6.44. The lowest BCUT2D eigenvalue weighted by Gasteiger charge is -2.34. The van der Waals surface area contributed by atoms with Crippen molar-refractivity contribution in [2.45, 2.75) is 32.1 Å². The molecule has 0 radical (unpaired) electrons. The van der Waals surface area contributed by atoms with Gasteiger partial charge in [0.15, 0.2) is 0 Å². The molecule has 2 aliphatic rings. The van der Waals surface area contributed by atoms with E-state index in [-0.39, 0.29) is 12.1 Å². The number of esters is 1. The number of carbonyl (C=O) groups is 1. The summed E-state index contributed by atoms with van der Waals surface area (Å²) in [5.74, 6) is 0.394. The van der Waals surface area contributed by atoms with Crippen LogP contribution >= 0.6 is 0 Å². The summed E-state index contributed by atoms with van der Waals surface area (Å²) >= 11 is 0. The Bertz CT molecular complexity index is 757. The lowest BCUT2D eigenvalue weighted by atomic mass is 9.97. The quantitative estimate of drug-likeness (QED) is 0.797. The van der Waals surface area contributed by atoms with E-state index in [1.54, 1.807) is 12.4 Å². The van der Waals surface area contributed by atoms with Crippen LogP contribution in [0.15, 0.2) is 30.7 Å². The van der Waals surface area contributed by atoms with Crippen LogP contribution in [0.25, 0.3) is 0 Å². The number of carbonyl (C=O) groups excluding carboxylic acids is 1. The lowest BCUT2D eigenvalue weighted by Crippen LogP contribution is -2.45. The minimum atomic E-state index is -0.606. The van der Waals surface area contributed by atoms with Crippen molar-refractivity contribution in [2.75, 3.05) is 24.6 Å². The molecule has 7 nitrogen and oxygen atoms in total. The normalized spacial score (nSPS) is 22.3. The first-order valence-corrected chi connectivity index (χ1v) is 8.11. The van der Waals surface area contributed by atoms with Crippen LogP contribution in [-0.4, -0.2) is 46.5 Å². The number of hydrogen-bond acceptors (Lipinski definition) is 6.